The lowest BCUT2D eigenvalue weighted by Gasteiger charge is -2.12. The molecule has 0 amide bonds. The number of nitrogens with zero attached hydrogens (tertiary/aromatic N) is 3. The van der Waals surface area contributed by atoms with Gasteiger partial charge in [0.15, 0.2) is 0 Å². The Morgan fingerprint density at radius 3 is 2.55 bits per heavy atom. The average Bonchev–Trinajstić information content (AvgIpc) is 2.72. The number of hydrogen-bond acceptors (Lipinski definition) is 5. The zero-order chi connectivity index (χ0) is 22.5. The van der Waals surface area contributed by atoms with Crippen LogP contribution in [0.5, 0.6) is 0 Å². The number of allylic oxidation sites excluding steroid dienone is 1. The van der Waals surface area contributed by atoms with Gasteiger partial charge in [-0.25, -0.2) is 13.0 Å². The number of benzene rings is 1. The minimum atomic E-state index is -3.98. The fourth-order valence-electron chi connectivity index (χ4n) is 3.57. The molecular formula is C23H23N4O3S+. The molecular weight excluding hydrogens is 412 g/mol. The Balaban J connectivity index is 2.13. The molecule has 4 aromatic rings. The van der Waals surface area contributed by atoms with Crippen molar-refractivity contribution in [2.24, 2.45) is 0 Å². The maximum atomic E-state index is 13.5. The van der Waals surface area contributed by atoms with Crippen molar-refractivity contribution in [2.45, 2.75) is 37.1 Å². The third-order valence-electron chi connectivity index (χ3n) is 5.45. The summed E-state index contributed by atoms with van der Waals surface area (Å²) in [4.78, 5) is 17.8. The Morgan fingerprint density at radius 2 is 1.87 bits per heavy atom. The summed E-state index contributed by atoms with van der Waals surface area (Å²) in [5.41, 5.74) is 9.44. The van der Waals surface area contributed by atoms with Crippen LogP contribution < -0.4 is 15.9 Å². The first-order valence-corrected chi connectivity index (χ1v) is 11.2. The number of rotatable bonds is 4. The Bertz CT molecular complexity index is 1550. The quantitative estimate of drug-likeness (QED) is 0.302. The van der Waals surface area contributed by atoms with Gasteiger partial charge in [-0.15, -0.1) is 0 Å². The number of sulfone groups is 1. The molecule has 0 radical (unpaired) electrons. The van der Waals surface area contributed by atoms with E-state index in [0.29, 0.717) is 11.3 Å². The molecule has 7 nitrogen and oxygen atoms in total. The lowest BCUT2D eigenvalue weighted by Crippen LogP contribution is -2.41. The van der Waals surface area contributed by atoms with Gasteiger partial charge in [-0.1, -0.05) is 29.8 Å². The fourth-order valence-corrected chi connectivity index (χ4v) is 5.06. The maximum Gasteiger partial charge on any atom is 0.278 e. The Labute approximate surface area is 180 Å². The van der Waals surface area contributed by atoms with Crippen molar-refractivity contribution in [3.8, 4) is 0 Å². The van der Waals surface area contributed by atoms with E-state index < -0.39 is 9.84 Å². The second-order valence-corrected chi connectivity index (χ2v) is 9.55. The molecule has 2 N–H and O–H groups in total. The van der Waals surface area contributed by atoms with Crippen LogP contribution in [0.2, 0.25) is 0 Å². The summed E-state index contributed by atoms with van der Waals surface area (Å²) in [5, 5.41) is 0.168. The van der Waals surface area contributed by atoms with E-state index in [2.05, 4.69) is 11.6 Å². The SMILES string of the molecule is C=CC[n+]1c(N)c(S(=O)(=O)c2ccc(C)c(C)c2)cc2c(=O)n3cc(C)ccc3nc21. The van der Waals surface area contributed by atoms with E-state index in [1.165, 1.54) is 15.0 Å². The summed E-state index contributed by atoms with van der Waals surface area (Å²) in [6.07, 6.45) is 3.26. The van der Waals surface area contributed by atoms with E-state index >= 15 is 0 Å². The summed E-state index contributed by atoms with van der Waals surface area (Å²) < 4.78 is 29.9. The van der Waals surface area contributed by atoms with Gasteiger partial charge in [0.1, 0.15) is 10.3 Å². The molecule has 1 aromatic carbocycles. The molecule has 158 valence electrons. The number of nitrogen functional groups attached to an aromatic ring is 1. The largest absolute Gasteiger partial charge is 0.317 e. The minimum Gasteiger partial charge on any atom is -0.317 e. The van der Waals surface area contributed by atoms with Crippen molar-refractivity contribution in [3.05, 3.63) is 82.3 Å². The Morgan fingerprint density at radius 1 is 1.13 bits per heavy atom. The molecule has 31 heavy (non-hydrogen) atoms. The first-order valence-electron chi connectivity index (χ1n) is 9.73. The Kier molecular flexibility index (Phi) is 4.89. The first kappa shape index (κ1) is 20.7. The third kappa shape index (κ3) is 3.29. The van der Waals surface area contributed by atoms with E-state index in [9.17, 15) is 13.2 Å². The van der Waals surface area contributed by atoms with E-state index in [4.69, 9.17) is 5.73 Å². The zero-order valence-corrected chi connectivity index (χ0v) is 18.4. The van der Waals surface area contributed by atoms with Gasteiger partial charge in [-0.2, -0.15) is 0 Å². The van der Waals surface area contributed by atoms with Crippen molar-refractivity contribution in [1.29, 1.82) is 0 Å². The predicted octanol–water partition coefficient (Wildman–Crippen LogP) is 2.66. The van der Waals surface area contributed by atoms with Crippen LogP contribution in [0.4, 0.5) is 5.82 Å². The highest BCUT2D eigenvalue weighted by atomic mass is 32.2. The van der Waals surface area contributed by atoms with Crippen LogP contribution in [-0.4, -0.2) is 17.8 Å². The number of aryl methyl sites for hydroxylation is 3. The van der Waals surface area contributed by atoms with Crippen molar-refractivity contribution < 1.29 is 13.0 Å². The predicted molar refractivity (Wildman–Crippen MR) is 120 cm³/mol. The minimum absolute atomic E-state index is 0.00832. The molecule has 0 unspecified atom stereocenters. The normalized spacial score (nSPS) is 11.8. The fraction of sp³-hybridized carbons (Fsp3) is 0.174. The van der Waals surface area contributed by atoms with Crippen LogP contribution in [-0.2, 0) is 16.4 Å². The summed E-state index contributed by atoms with van der Waals surface area (Å²) in [6.45, 7) is 9.56. The highest BCUT2D eigenvalue weighted by molar-refractivity contribution is 7.91. The van der Waals surface area contributed by atoms with E-state index in [1.54, 1.807) is 36.5 Å². The van der Waals surface area contributed by atoms with Crippen LogP contribution >= 0.6 is 0 Å². The second kappa shape index (κ2) is 7.31. The molecule has 0 spiro atoms. The van der Waals surface area contributed by atoms with Crippen molar-refractivity contribution in [1.82, 2.24) is 9.38 Å². The van der Waals surface area contributed by atoms with Gasteiger partial charge in [0.05, 0.1) is 11.4 Å². The van der Waals surface area contributed by atoms with E-state index in [1.807, 2.05) is 26.8 Å². The highest BCUT2D eigenvalue weighted by Crippen LogP contribution is 2.27. The monoisotopic (exact) mass is 435 g/mol. The summed E-state index contributed by atoms with van der Waals surface area (Å²) in [5.74, 6) is 0.00832. The van der Waals surface area contributed by atoms with Gasteiger partial charge >= 0.3 is 0 Å². The van der Waals surface area contributed by atoms with Crippen molar-refractivity contribution in [2.75, 3.05) is 5.73 Å². The molecule has 0 saturated carbocycles. The molecule has 0 aliphatic rings. The molecule has 0 aliphatic carbocycles. The van der Waals surface area contributed by atoms with E-state index in [-0.39, 0.29) is 33.1 Å². The third-order valence-corrected chi connectivity index (χ3v) is 7.23. The van der Waals surface area contributed by atoms with E-state index in [0.717, 1.165) is 16.7 Å². The van der Waals surface area contributed by atoms with Crippen molar-refractivity contribution in [3.63, 3.8) is 0 Å². The molecule has 3 aromatic heterocycles. The van der Waals surface area contributed by atoms with Gasteiger partial charge < -0.3 is 5.73 Å². The molecule has 0 saturated heterocycles. The summed E-state index contributed by atoms with van der Waals surface area (Å²) >= 11 is 0. The van der Waals surface area contributed by atoms with Crippen LogP contribution in [0, 0.1) is 20.8 Å². The van der Waals surface area contributed by atoms with Gasteiger partial charge in [0.25, 0.3) is 11.2 Å². The smallest absolute Gasteiger partial charge is 0.278 e. The molecule has 4 rings (SSSR count). The molecule has 0 fully saturated rings. The second-order valence-electron chi connectivity index (χ2n) is 7.63. The first-order chi connectivity index (χ1) is 14.6. The highest BCUT2D eigenvalue weighted by Gasteiger charge is 2.29. The molecule has 0 atom stereocenters. The van der Waals surface area contributed by atoms with Crippen LogP contribution in [0.1, 0.15) is 16.7 Å². The molecule has 0 aliphatic heterocycles. The topological polar surface area (TPSA) is 98.4 Å². The van der Waals surface area contributed by atoms with Gasteiger partial charge in [-0.05, 0) is 61.7 Å². The lowest BCUT2D eigenvalue weighted by molar-refractivity contribution is -0.649. The molecule has 8 heteroatoms. The number of aromatic nitrogens is 3. The zero-order valence-electron chi connectivity index (χ0n) is 17.6. The van der Waals surface area contributed by atoms with Crippen LogP contribution in [0.25, 0.3) is 16.7 Å². The van der Waals surface area contributed by atoms with Crippen molar-refractivity contribution >= 4 is 32.3 Å². The van der Waals surface area contributed by atoms with Gasteiger partial charge in [0, 0.05) is 6.20 Å². The maximum absolute atomic E-state index is 13.5. The number of nitrogens with two attached hydrogens (primary N) is 1. The van der Waals surface area contributed by atoms with Crippen LogP contribution in [0.3, 0.4) is 0 Å². The Hall–Kier alpha value is -3.52. The number of anilines is 1. The average molecular weight is 436 g/mol. The summed E-state index contributed by atoms with van der Waals surface area (Å²) in [7, 11) is -3.98. The molecule has 0 bridgehead atoms. The molecule has 3 heterocycles. The van der Waals surface area contributed by atoms with Gasteiger partial charge in [-0.3, -0.25) is 9.20 Å². The standard InChI is InChI=1S/C23H22N4O3S/c1-5-10-26-21(24)19(31(29,30)17-8-7-15(3)16(4)11-17)12-18-22(26)25-20-9-6-14(2)13-27(20)23(18)28/h5-9,11-13,24H,1,10H2,2-4H3/p+1. The number of fused-ring (bicyclic) bond motifs is 2. The summed E-state index contributed by atoms with van der Waals surface area (Å²) in [6, 6.07) is 9.84. The lowest BCUT2D eigenvalue weighted by atomic mass is 10.1. The number of pyridine rings is 2. The number of hydrogen-bond donors (Lipinski definition) is 1. The van der Waals surface area contributed by atoms with Crippen LogP contribution in [0.15, 0.2) is 69.8 Å². The van der Waals surface area contributed by atoms with Gasteiger partial charge in [0.2, 0.25) is 21.3 Å².